The Morgan fingerprint density at radius 1 is 1.19 bits per heavy atom. The fourth-order valence-corrected chi connectivity index (χ4v) is 3.15. The fourth-order valence-electron chi connectivity index (χ4n) is 2.20. The van der Waals surface area contributed by atoms with Crippen LogP contribution in [0.3, 0.4) is 0 Å². The van der Waals surface area contributed by atoms with Gasteiger partial charge in [-0.3, -0.25) is 0 Å². The third kappa shape index (κ3) is 3.83. The molecule has 9 heteroatoms. The number of aromatic nitrogens is 3. The summed E-state index contributed by atoms with van der Waals surface area (Å²) in [5.74, 6) is -2.55. The summed E-state index contributed by atoms with van der Waals surface area (Å²) in [6.07, 6.45) is 0. The van der Waals surface area contributed by atoms with Crippen molar-refractivity contribution in [3.05, 3.63) is 65.4 Å². The molecule has 0 aliphatic heterocycles. The van der Waals surface area contributed by atoms with Gasteiger partial charge in [0.2, 0.25) is 5.69 Å². The molecule has 0 aliphatic rings. The van der Waals surface area contributed by atoms with Crippen molar-refractivity contribution in [3.8, 4) is 5.75 Å². The fraction of sp³-hybridized carbons (Fsp3) is 0.118. The number of methoxy groups -OCH3 is 1. The summed E-state index contributed by atoms with van der Waals surface area (Å²) in [6.45, 7) is 0.260. The van der Waals surface area contributed by atoms with Gasteiger partial charge in [0.1, 0.15) is 10.8 Å². The smallest absolute Gasteiger partial charge is 0.359 e. The molecule has 0 atom stereocenters. The first-order valence-electron chi connectivity index (χ1n) is 7.40. The lowest BCUT2D eigenvalue weighted by molar-refractivity contribution is 0.0686. The first-order chi connectivity index (χ1) is 12.5. The lowest BCUT2D eigenvalue weighted by atomic mass is 10.2. The second-order valence-corrected chi connectivity index (χ2v) is 6.29. The Kier molecular flexibility index (Phi) is 5.17. The molecule has 0 amide bonds. The predicted molar refractivity (Wildman–Crippen MR) is 89.6 cm³/mol. The van der Waals surface area contributed by atoms with Crippen molar-refractivity contribution < 1.29 is 23.4 Å². The normalized spacial score (nSPS) is 10.7. The van der Waals surface area contributed by atoms with E-state index in [4.69, 9.17) is 4.74 Å². The minimum Gasteiger partial charge on any atom is -0.497 e. The number of ether oxygens (including phenoxy) is 1. The summed E-state index contributed by atoms with van der Waals surface area (Å²) in [5.41, 5.74) is 0.591. The van der Waals surface area contributed by atoms with Gasteiger partial charge in [-0.1, -0.05) is 29.1 Å². The molecule has 3 rings (SSSR count). The number of benzene rings is 2. The third-order valence-corrected chi connectivity index (χ3v) is 4.58. The summed E-state index contributed by atoms with van der Waals surface area (Å²) in [7, 11) is 1.56. The average molecular weight is 377 g/mol. The van der Waals surface area contributed by atoms with Gasteiger partial charge in [-0.2, -0.15) is 0 Å². The van der Waals surface area contributed by atoms with E-state index in [0.29, 0.717) is 10.6 Å². The minimum absolute atomic E-state index is 0.222. The second-order valence-electron chi connectivity index (χ2n) is 5.23. The lowest BCUT2D eigenvalue weighted by Gasteiger charge is -2.08. The standard InChI is InChI=1S/C17H13F2N3O3S/c1-25-11-4-2-10(3-5-11)9-22-16(15(17(23)24)20-21-22)26-12-6-7-13(18)14(19)8-12/h2-8H,9H2,1H3,(H,23,24). The van der Waals surface area contributed by atoms with Gasteiger partial charge in [0.25, 0.3) is 0 Å². The lowest BCUT2D eigenvalue weighted by Crippen LogP contribution is -2.05. The molecule has 0 saturated carbocycles. The van der Waals surface area contributed by atoms with E-state index < -0.39 is 17.6 Å². The first kappa shape index (κ1) is 17.9. The Morgan fingerprint density at radius 3 is 2.54 bits per heavy atom. The van der Waals surface area contributed by atoms with Crippen LogP contribution in [-0.4, -0.2) is 33.2 Å². The molecule has 0 saturated heterocycles. The average Bonchev–Trinajstić information content (AvgIpc) is 3.01. The van der Waals surface area contributed by atoms with Gasteiger partial charge in [0.15, 0.2) is 11.6 Å². The molecule has 2 aromatic carbocycles. The van der Waals surface area contributed by atoms with Crippen molar-refractivity contribution in [1.82, 2.24) is 15.0 Å². The van der Waals surface area contributed by atoms with Crippen LogP contribution in [0.25, 0.3) is 0 Å². The molecule has 0 spiro atoms. The molecule has 0 fully saturated rings. The van der Waals surface area contributed by atoms with Gasteiger partial charge in [-0.25, -0.2) is 18.3 Å². The number of carbonyl (C=O) groups is 1. The van der Waals surface area contributed by atoms with Crippen LogP contribution < -0.4 is 4.74 Å². The Labute approximate surface area is 151 Å². The van der Waals surface area contributed by atoms with E-state index in [0.717, 1.165) is 29.5 Å². The molecule has 0 unspecified atom stereocenters. The Bertz CT molecular complexity index is 945. The number of halogens is 2. The quantitative estimate of drug-likeness (QED) is 0.709. The number of nitrogens with zero attached hydrogens (tertiary/aromatic N) is 3. The van der Waals surface area contributed by atoms with Crippen LogP contribution in [0.4, 0.5) is 8.78 Å². The molecule has 0 aliphatic carbocycles. The number of aromatic carboxylic acids is 1. The highest BCUT2D eigenvalue weighted by Gasteiger charge is 2.21. The van der Waals surface area contributed by atoms with E-state index >= 15 is 0 Å². The second kappa shape index (κ2) is 7.52. The maximum atomic E-state index is 13.4. The van der Waals surface area contributed by atoms with Crippen molar-refractivity contribution in [3.63, 3.8) is 0 Å². The van der Waals surface area contributed by atoms with Crippen molar-refractivity contribution in [2.75, 3.05) is 7.11 Å². The molecule has 6 nitrogen and oxygen atoms in total. The zero-order chi connectivity index (χ0) is 18.7. The van der Waals surface area contributed by atoms with Crippen molar-refractivity contribution in [1.29, 1.82) is 0 Å². The maximum Gasteiger partial charge on any atom is 0.359 e. The van der Waals surface area contributed by atoms with Crippen molar-refractivity contribution >= 4 is 17.7 Å². The molecule has 26 heavy (non-hydrogen) atoms. The number of carboxylic acid groups (broad SMARTS) is 1. The maximum absolute atomic E-state index is 13.4. The van der Waals surface area contributed by atoms with E-state index in [1.165, 1.54) is 10.7 Å². The van der Waals surface area contributed by atoms with Crippen molar-refractivity contribution in [2.24, 2.45) is 0 Å². The molecule has 1 N–H and O–H groups in total. The Hall–Kier alpha value is -2.94. The van der Waals surface area contributed by atoms with Gasteiger partial charge in [0, 0.05) is 4.90 Å². The molecule has 1 aromatic heterocycles. The summed E-state index contributed by atoms with van der Waals surface area (Å²) in [4.78, 5) is 11.7. The highest BCUT2D eigenvalue weighted by molar-refractivity contribution is 7.99. The zero-order valence-electron chi connectivity index (χ0n) is 13.5. The molecule has 1 heterocycles. The van der Waals surface area contributed by atoms with E-state index in [2.05, 4.69) is 10.3 Å². The van der Waals surface area contributed by atoms with Crippen LogP contribution in [0.2, 0.25) is 0 Å². The summed E-state index contributed by atoms with van der Waals surface area (Å²) >= 11 is 0.951. The van der Waals surface area contributed by atoms with Crippen LogP contribution in [0.15, 0.2) is 52.4 Å². The molecule has 134 valence electrons. The summed E-state index contributed by atoms with van der Waals surface area (Å²) in [5, 5.41) is 17.1. The third-order valence-electron chi connectivity index (χ3n) is 3.49. The summed E-state index contributed by atoms with van der Waals surface area (Å²) < 4.78 is 33.0. The summed E-state index contributed by atoms with van der Waals surface area (Å²) in [6, 6.07) is 10.5. The van der Waals surface area contributed by atoms with Gasteiger partial charge in [-0.15, -0.1) is 5.10 Å². The Morgan fingerprint density at radius 2 is 1.92 bits per heavy atom. The van der Waals surface area contributed by atoms with Gasteiger partial charge < -0.3 is 9.84 Å². The predicted octanol–water partition coefficient (Wildman–Crippen LogP) is 3.46. The first-order valence-corrected chi connectivity index (χ1v) is 8.22. The Balaban J connectivity index is 1.92. The van der Waals surface area contributed by atoms with Crippen LogP contribution in [0.5, 0.6) is 5.75 Å². The molecular weight excluding hydrogens is 364 g/mol. The minimum atomic E-state index is -1.25. The molecular formula is C17H13F2N3O3S. The van der Waals surface area contributed by atoms with Crippen LogP contribution >= 0.6 is 11.8 Å². The number of carboxylic acids is 1. The topological polar surface area (TPSA) is 77.2 Å². The zero-order valence-corrected chi connectivity index (χ0v) is 14.3. The highest BCUT2D eigenvalue weighted by Crippen LogP contribution is 2.31. The van der Waals surface area contributed by atoms with E-state index in [1.54, 1.807) is 19.2 Å². The monoisotopic (exact) mass is 377 g/mol. The van der Waals surface area contributed by atoms with Crippen LogP contribution in [0.1, 0.15) is 16.1 Å². The van der Waals surface area contributed by atoms with E-state index in [1.807, 2.05) is 12.1 Å². The SMILES string of the molecule is COc1ccc(Cn2nnc(C(=O)O)c2Sc2ccc(F)c(F)c2)cc1. The van der Waals surface area contributed by atoms with Gasteiger partial charge >= 0.3 is 5.97 Å². The molecule has 0 radical (unpaired) electrons. The van der Waals surface area contributed by atoms with Gasteiger partial charge in [0.05, 0.1) is 13.7 Å². The highest BCUT2D eigenvalue weighted by atomic mass is 32.2. The molecule has 0 bridgehead atoms. The van der Waals surface area contributed by atoms with Crippen LogP contribution in [0, 0.1) is 11.6 Å². The number of hydrogen-bond donors (Lipinski definition) is 1. The van der Waals surface area contributed by atoms with E-state index in [-0.39, 0.29) is 17.3 Å². The van der Waals surface area contributed by atoms with E-state index in [9.17, 15) is 18.7 Å². The van der Waals surface area contributed by atoms with Crippen LogP contribution in [-0.2, 0) is 6.54 Å². The van der Waals surface area contributed by atoms with Crippen molar-refractivity contribution in [2.45, 2.75) is 16.5 Å². The molecule has 3 aromatic rings. The number of hydrogen-bond acceptors (Lipinski definition) is 5. The largest absolute Gasteiger partial charge is 0.497 e. The van der Waals surface area contributed by atoms with Gasteiger partial charge in [-0.05, 0) is 35.9 Å². The number of rotatable bonds is 6.